The Morgan fingerprint density at radius 2 is 2.24 bits per heavy atom. The van der Waals surface area contributed by atoms with Crippen LogP contribution in [-0.4, -0.2) is 27.4 Å². The molecule has 0 bridgehead atoms. The number of thiophene rings is 1. The Morgan fingerprint density at radius 1 is 1.52 bits per heavy atom. The van der Waals surface area contributed by atoms with E-state index in [-0.39, 0.29) is 16.5 Å². The summed E-state index contributed by atoms with van der Waals surface area (Å²) in [4.78, 5) is 33.9. The molecule has 8 heteroatoms. The van der Waals surface area contributed by atoms with Crippen molar-refractivity contribution in [3.8, 4) is 0 Å². The molecule has 21 heavy (non-hydrogen) atoms. The summed E-state index contributed by atoms with van der Waals surface area (Å²) in [6.07, 6.45) is 2.79. The van der Waals surface area contributed by atoms with Crippen molar-refractivity contribution in [1.82, 2.24) is 5.32 Å². The van der Waals surface area contributed by atoms with Crippen LogP contribution in [0.15, 0.2) is 11.4 Å². The van der Waals surface area contributed by atoms with Crippen LogP contribution < -0.4 is 5.32 Å². The normalized spacial score (nSPS) is 25.3. The Balaban J connectivity index is 2.22. The van der Waals surface area contributed by atoms with Gasteiger partial charge in [-0.1, -0.05) is 31.1 Å². The van der Waals surface area contributed by atoms with Gasteiger partial charge in [0.1, 0.15) is 5.54 Å². The zero-order chi connectivity index (χ0) is 15.6. The van der Waals surface area contributed by atoms with Crippen LogP contribution in [0.1, 0.15) is 43.0 Å². The molecular weight excluding hydrogens is 296 g/mol. The molecule has 1 fully saturated rings. The number of aliphatic carboxylic acids is 1. The van der Waals surface area contributed by atoms with E-state index >= 15 is 0 Å². The summed E-state index contributed by atoms with van der Waals surface area (Å²) in [5.74, 6) is -1.80. The Bertz CT molecular complexity index is 585. The van der Waals surface area contributed by atoms with Gasteiger partial charge in [-0.2, -0.15) is 0 Å². The molecule has 2 rings (SSSR count). The van der Waals surface area contributed by atoms with Gasteiger partial charge in [0.25, 0.3) is 5.91 Å². The second kappa shape index (κ2) is 5.80. The van der Waals surface area contributed by atoms with E-state index in [9.17, 15) is 24.8 Å². The monoisotopic (exact) mass is 312 g/mol. The lowest BCUT2D eigenvalue weighted by Gasteiger charge is -2.39. The van der Waals surface area contributed by atoms with Crippen molar-refractivity contribution in [2.24, 2.45) is 5.92 Å². The topological polar surface area (TPSA) is 110 Å². The molecule has 7 nitrogen and oxygen atoms in total. The molecule has 2 N–H and O–H groups in total. The second-order valence-corrected chi connectivity index (χ2v) is 6.20. The molecule has 2 atom stereocenters. The van der Waals surface area contributed by atoms with Crippen LogP contribution in [-0.2, 0) is 4.79 Å². The largest absolute Gasteiger partial charge is 0.479 e. The second-order valence-electron chi connectivity index (χ2n) is 5.31. The van der Waals surface area contributed by atoms with Crippen molar-refractivity contribution in [3.63, 3.8) is 0 Å². The molecule has 1 aliphatic carbocycles. The minimum Gasteiger partial charge on any atom is -0.479 e. The van der Waals surface area contributed by atoms with Gasteiger partial charge in [0.15, 0.2) is 0 Å². The Kier molecular flexibility index (Phi) is 4.26. The summed E-state index contributed by atoms with van der Waals surface area (Å²) in [7, 11) is 0. The quantitative estimate of drug-likeness (QED) is 0.655. The molecule has 114 valence electrons. The Morgan fingerprint density at radius 3 is 2.76 bits per heavy atom. The third-order valence-corrected chi connectivity index (χ3v) is 4.93. The number of hydrogen-bond donors (Lipinski definition) is 2. The molecule has 0 radical (unpaired) electrons. The van der Waals surface area contributed by atoms with Crippen molar-refractivity contribution in [2.75, 3.05) is 0 Å². The lowest BCUT2D eigenvalue weighted by molar-refractivity contribution is -0.380. The van der Waals surface area contributed by atoms with Crippen molar-refractivity contribution in [3.05, 3.63) is 27.1 Å². The summed E-state index contributed by atoms with van der Waals surface area (Å²) in [6, 6.07) is 1.17. The SMILES string of the molecule is CC1CCCCC1(NC(=O)c1csc([N+](=O)[O-])c1)C(=O)O. The number of nitrogens with zero attached hydrogens (tertiary/aromatic N) is 1. The number of carboxylic acid groups (broad SMARTS) is 1. The molecule has 0 aromatic carbocycles. The number of hydrogen-bond acceptors (Lipinski definition) is 5. The molecule has 2 unspecified atom stereocenters. The predicted molar refractivity (Wildman–Crippen MR) is 76.4 cm³/mol. The summed E-state index contributed by atoms with van der Waals surface area (Å²) in [6.45, 7) is 1.81. The van der Waals surface area contributed by atoms with Crippen LogP contribution >= 0.6 is 11.3 Å². The van der Waals surface area contributed by atoms with Crippen LogP contribution in [0, 0.1) is 16.0 Å². The van der Waals surface area contributed by atoms with E-state index in [4.69, 9.17) is 0 Å². The first-order chi connectivity index (χ1) is 9.86. The van der Waals surface area contributed by atoms with Gasteiger partial charge in [-0.15, -0.1) is 0 Å². The highest BCUT2D eigenvalue weighted by molar-refractivity contribution is 7.13. The average Bonchev–Trinajstić information content (AvgIpc) is 2.91. The summed E-state index contributed by atoms with van der Waals surface area (Å²) >= 11 is 0.849. The number of nitro groups is 1. The predicted octanol–water partition coefficient (Wildman–Crippen LogP) is 2.42. The molecule has 1 heterocycles. The number of carbonyl (C=O) groups is 2. The number of nitrogens with one attached hydrogen (secondary N) is 1. The fourth-order valence-corrected chi connectivity index (χ4v) is 3.42. The van der Waals surface area contributed by atoms with E-state index in [1.807, 2.05) is 6.92 Å². The highest BCUT2D eigenvalue weighted by Crippen LogP contribution is 2.34. The van der Waals surface area contributed by atoms with Crippen molar-refractivity contribution < 1.29 is 19.6 Å². The van der Waals surface area contributed by atoms with E-state index < -0.39 is 22.3 Å². The van der Waals surface area contributed by atoms with E-state index in [0.717, 1.165) is 30.6 Å². The first-order valence-electron chi connectivity index (χ1n) is 6.65. The Labute approximate surface area is 125 Å². The molecule has 1 saturated carbocycles. The van der Waals surface area contributed by atoms with E-state index in [2.05, 4.69) is 5.32 Å². The van der Waals surface area contributed by atoms with Gasteiger partial charge in [0.05, 0.1) is 10.5 Å². The van der Waals surface area contributed by atoms with Gasteiger partial charge in [0, 0.05) is 11.4 Å². The number of carboxylic acids is 1. The fraction of sp³-hybridized carbons (Fsp3) is 0.538. The van der Waals surface area contributed by atoms with E-state index in [0.29, 0.717) is 6.42 Å². The van der Waals surface area contributed by atoms with Gasteiger partial charge >= 0.3 is 11.0 Å². The maximum atomic E-state index is 12.2. The molecule has 1 aromatic heterocycles. The molecule has 0 saturated heterocycles. The zero-order valence-electron chi connectivity index (χ0n) is 11.5. The zero-order valence-corrected chi connectivity index (χ0v) is 12.3. The lowest BCUT2D eigenvalue weighted by atomic mass is 9.73. The highest BCUT2D eigenvalue weighted by Gasteiger charge is 2.46. The van der Waals surface area contributed by atoms with E-state index in [1.165, 1.54) is 11.4 Å². The minimum atomic E-state index is -1.29. The van der Waals surface area contributed by atoms with Crippen molar-refractivity contribution >= 4 is 28.2 Å². The summed E-state index contributed by atoms with van der Waals surface area (Å²) in [5.41, 5.74) is -1.16. The van der Waals surface area contributed by atoms with E-state index in [1.54, 1.807) is 0 Å². The molecule has 1 aliphatic rings. The fourth-order valence-electron chi connectivity index (χ4n) is 2.72. The van der Waals surface area contributed by atoms with Crippen molar-refractivity contribution in [2.45, 2.75) is 38.1 Å². The van der Waals surface area contributed by atoms with Crippen LogP contribution in [0.2, 0.25) is 0 Å². The maximum Gasteiger partial charge on any atom is 0.329 e. The highest BCUT2D eigenvalue weighted by atomic mass is 32.1. The van der Waals surface area contributed by atoms with Crippen molar-refractivity contribution in [1.29, 1.82) is 0 Å². The Hall–Kier alpha value is -1.96. The van der Waals surface area contributed by atoms with Crippen LogP contribution in [0.5, 0.6) is 0 Å². The van der Waals surface area contributed by atoms with Gasteiger partial charge in [0.2, 0.25) is 0 Å². The molecule has 0 spiro atoms. The van der Waals surface area contributed by atoms with Crippen LogP contribution in [0.25, 0.3) is 0 Å². The minimum absolute atomic E-state index is 0.130. The number of carbonyl (C=O) groups excluding carboxylic acids is 1. The van der Waals surface area contributed by atoms with Crippen LogP contribution in [0.4, 0.5) is 5.00 Å². The van der Waals surface area contributed by atoms with Gasteiger partial charge < -0.3 is 10.4 Å². The molecule has 1 amide bonds. The number of amides is 1. The standard InChI is InChI=1S/C13H16N2O5S/c1-8-4-2-3-5-13(8,12(17)18)14-11(16)9-6-10(15(19)20)21-7-9/h6-8H,2-5H2,1H3,(H,14,16)(H,17,18). The van der Waals surface area contributed by atoms with Gasteiger partial charge in [-0.3, -0.25) is 14.9 Å². The smallest absolute Gasteiger partial charge is 0.329 e. The van der Waals surface area contributed by atoms with Crippen LogP contribution in [0.3, 0.4) is 0 Å². The summed E-state index contributed by atoms with van der Waals surface area (Å²) in [5, 5.41) is 24.0. The first kappa shape index (κ1) is 15.4. The maximum absolute atomic E-state index is 12.2. The molecule has 1 aromatic rings. The third kappa shape index (κ3) is 2.90. The summed E-state index contributed by atoms with van der Waals surface area (Å²) < 4.78 is 0. The van der Waals surface area contributed by atoms with Gasteiger partial charge in [-0.25, -0.2) is 4.79 Å². The lowest BCUT2D eigenvalue weighted by Crippen LogP contribution is -2.59. The number of rotatable bonds is 4. The first-order valence-corrected chi connectivity index (χ1v) is 7.53. The third-order valence-electron chi connectivity index (χ3n) is 4.05. The van der Waals surface area contributed by atoms with Gasteiger partial charge in [-0.05, 0) is 18.8 Å². The molecule has 0 aliphatic heterocycles. The average molecular weight is 312 g/mol. The molecular formula is C13H16N2O5S.